The van der Waals surface area contributed by atoms with E-state index in [0.29, 0.717) is 18.8 Å². The molecule has 7 heteroatoms. The maximum absolute atomic E-state index is 14.5. The normalized spacial score (nSPS) is 21.8. The third-order valence-electron chi connectivity index (χ3n) is 5.40. The molecule has 1 unspecified atom stereocenters. The fourth-order valence-electron chi connectivity index (χ4n) is 3.73. The number of hydrogen-bond donors (Lipinski definition) is 2. The first kappa shape index (κ1) is 19.5. The van der Waals surface area contributed by atoms with Gasteiger partial charge in [0.15, 0.2) is 0 Å². The first-order valence-corrected chi connectivity index (χ1v) is 9.54. The maximum Gasteiger partial charge on any atom is 0.249 e. The molecule has 2 heterocycles. The Morgan fingerprint density at radius 2 is 2.00 bits per heavy atom. The van der Waals surface area contributed by atoms with Crippen molar-refractivity contribution in [1.29, 1.82) is 0 Å². The van der Waals surface area contributed by atoms with Crippen LogP contribution < -0.4 is 10.6 Å². The van der Waals surface area contributed by atoms with Crippen molar-refractivity contribution in [2.24, 2.45) is 0 Å². The number of carbonyl (C=O) groups is 3. The van der Waals surface area contributed by atoms with Gasteiger partial charge in [0.25, 0.3) is 0 Å². The smallest absolute Gasteiger partial charge is 0.249 e. The van der Waals surface area contributed by atoms with Gasteiger partial charge in [0.1, 0.15) is 17.6 Å². The average molecular weight is 375 g/mol. The molecule has 0 spiro atoms. The van der Waals surface area contributed by atoms with Crippen LogP contribution in [0.3, 0.4) is 0 Å². The Bertz CT molecular complexity index is 729. The van der Waals surface area contributed by atoms with E-state index < -0.39 is 11.9 Å². The molecule has 6 nitrogen and oxygen atoms in total. The van der Waals surface area contributed by atoms with Gasteiger partial charge in [0.05, 0.1) is 5.69 Å². The molecule has 0 aromatic heterocycles. The molecule has 27 heavy (non-hydrogen) atoms. The summed E-state index contributed by atoms with van der Waals surface area (Å²) in [6.45, 7) is 4.23. The molecule has 2 aliphatic rings. The van der Waals surface area contributed by atoms with Crippen LogP contribution in [0.25, 0.3) is 0 Å². The van der Waals surface area contributed by atoms with Gasteiger partial charge in [-0.05, 0) is 62.9 Å². The third kappa shape index (κ3) is 5.13. The second kappa shape index (κ2) is 8.61. The summed E-state index contributed by atoms with van der Waals surface area (Å²) in [5.74, 6) is -0.566. The maximum atomic E-state index is 14.5. The molecular weight excluding hydrogens is 349 g/mol. The second-order valence-electron chi connectivity index (χ2n) is 7.46. The zero-order valence-electron chi connectivity index (χ0n) is 15.6. The number of rotatable bonds is 6. The minimum Gasteiger partial charge on any atom is -0.371 e. The van der Waals surface area contributed by atoms with E-state index in [1.807, 2.05) is 6.07 Å². The van der Waals surface area contributed by atoms with Gasteiger partial charge in [-0.3, -0.25) is 19.7 Å². The molecule has 0 saturated carbocycles. The van der Waals surface area contributed by atoms with Crippen molar-refractivity contribution in [1.82, 2.24) is 10.2 Å². The van der Waals surface area contributed by atoms with Crippen LogP contribution in [0.1, 0.15) is 50.5 Å². The van der Waals surface area contributed by atoms with Crippen molar-refractivity contribution in [2.45, 2.75) is 51.0 Å². The summed E-state index contributed by atoms with van der Waals surface area (Å²) in [7, 11) is 0. The van der Waals surface area contributed by atoms with E-state index in [2.05, 4.69) is 15.5 Å². The number of amides is 2. The zero-order valence-corrected chi connectivity index (χ0v) is 15.6. The van der Waals surface area contributed by atoms with E-state index in [4.69, 9.17) is 0 Å². The lowest BCUT2D eigenvalue weighted by atomic mass is 9.89. The number of nitrogens with one attached hydrogen (secondary N) is 2. The van der Waals surface area contributed by atoms with Crippen LogP contribution in [-0.4, -0.2) is 48.2 Å². The van der Waals surface area contributed by atoms with Crippen LogP contribution in [0, 0.1) is 5.82 Å². The van der Waals surface area contributed by atoms with Gasteiger partial charge >= 0.3 is 0 Å². The molecule has 146 valence electrons. The summed E-state index contributed by atoms with van der Waals surface area (Å²) in [5, 5.41) is 5.17. The Kier molecular flexibility index (Phi) is 6.21. The highest BCUT2D eigenvalue weighted by molar-refractivity contribution is 6.01. The lowest BCUT2D eigenvalue weighted by Crippen LogP contribution is -2.47. The SMILES string of the molecule is CC(=O)CCN1CCC(c2ccc(NC3CCC(=O)NC3=O)c(F)c2)CC1. The number of hydrogen-bond acceptors (Lipinski definition) is 5. The van der Waals surface area contributed by atoms with Crippen LogP contribution in [-0.2, 0) is 14.4 Å². The van der Waals surface area contributed by atoms with Crippen molar-refractivity contribution in [2.75, 3.05) is 25.0 Å². The van der Waals surface area contributed by atoms with Crippen molar-refractivity contribution in [3.05, 3.63) is 29.6 Å². The first-order valence-electron chi connectivity index (χ1n) is 9.54. The van der Waals surface area contributed by atoms with Gasteiger partial charge in [-0.25, -0.2) is 4.39 Å². The topological polar surface area (TPSA) is 78.5 Å². The molecule has 1 aromatic rings. The van der Waals surface area contributed by atoms with E-state index in [1.165, 1.54) is 0 Å². The summed E-state index contributed by atoms with van der Waals surface area (Å²) in [6.07, 6.45) is 3.09. The summed E-state index contributed by atoms with van der Waals surface area (Å²) < 4.78 is 14.5. The fraction of sp³-hybridized carbons (Fsp3) is 0.550. The highest BCUT2D eigenvalue weighted by Crippen LogP contribution is 2.30. The number of anilines is 1. The first-order chi connectivity index (χ1) is 12.9. The molecule has 0 aliphatic carbocycles. The highest BCUT2D eigenvalue weighted by Gasteiger charge is 2.27. The molecule has 2 saturated heterocycles. The van der Waals surface area contributed by atoms with Crippen molar-refractivity contribution < 1.29 is 18.8 Å². The number of ketones is 1. The van der Waals surface area contributed by atoms with E-state index in [1.54, 1.807) is 19.1 Å². The molecular formula is C20H26FN3O3. The lowest BCUT2D eigenvalue weighted by Gasteiger charge is -2.32. The van der Waals surface area contributed by atoms with Crippen molar-refractivity contribution in [3.8, 4) is 0 Å². The van der Waals surface area contributed by atoms with Crippen LogP contribution in [0.4, 0.5) is 10.1 Å². The summed E-state index contributed by atoms with van der Waals surface area (Å²) in [4.78, 5) is 36.4. The number of likely N-dealkylation sites (tertiary alicyclic amines) is 1. The monoisotopic (exact) mass is 375 g/mol. The molecule has 1 aromatic carbocycles. The number of halogens is 1. The van der Waals surface area contributed by atoms with Crippen LogP contribution >= 0.6 is 0 Å². The third-order valence-corrected chi connectivity index (χ3v) is 5.40. The standard InChI is InChI=1S/C20H26FN3O3/c1-13(25)6-9-24-10-7-14(8-11-24)15-2-3-17(16(21)12-15)22-18-4-5-19(26)23-20(18)27/h2-3,12,14,18,22H,4-11H2,1H3,(H,23,26,27). The Morgan fingerprint density at radius 3 is 2.63 bits per heavy atom. The average Bonchev–Trinajstić information content (AvgIpc) is 2.64. The minimum absolute atomic E-state index is 0.207. The fourth-order valence-corrected chi connectivity index (χ4v) is 3.73. The van der Waals surface area contributed by atoms with E-state index >= 15 is 0 Å². The molecule has 0 radical (unpaired) electrons. The Balaban J connectivity index is 1.56. The molecule has 2 aliphatic heterocycles. The number of nitrogens with zero attached hydrogens (tertiary/aromatic N) is 1. The van der Waals surface area contributed by atoms with Gasteiger partial charge < -0.3 is 10.2 Å². The summed E-state index contributed by atoms with van der Waals surface area (Å²) in [6, 6.07) is 4.54. The van der Waals surface area contributed by atoms with E-state index in [0.717, 1.165) is 38.0 Å². The molecule has 1 atom stereocenters. The summed E-state index contributed by atoms with van der Waals surface area (Å²) in [5.41, 5.74) is 1.25. The van der Waals surface area contributed by atoms with Gasteiger partial charge in [0.2, 0.25) is 11.8 Å². The number of piperidine rings is 2. The highest BCUT2D eigenvalue weighted by atomic mass is 19.1. The van der Waals surface area contributed by atoms with Gasteiger partial charge in [-0.2, -0.15) is 0 Å². The minimum atomic E-state index is -0.590. The van der Waals surface area contributed by atoms with Gasteiger partial charge in [0, 0.05) is 19.4 Å². The number of carbonyl (C=O) groups excluding carboxylic acids is 3. The predicted molar refractivity (Wildman–Crippen MR) is 99.9 cm³/mol. The van der Waals surface area contributed by atoms with Crippen LogP contribution in [0.2, 0.25) is 0 Å². The Labute approximate surface area is 158 Å². The number of benzene rings is 1. The quantitative estimate of drug-likeness (QED) is 0.746. The van der Waals surface area contributed by atoms with Crippen molar-refractivity contribution in [3.63, 3.8) is 0 Å². The molecule has 2 N–H and O–H groups in total. The largest absolute Gasteiger partial charge is 0.371 e. The Hall–Kier alpha value is -2.28. The molecule has 2 amide bonds. The van der Waals surface area contributed by atoms with Crippen LogP contribution in [0.5, 0.6) is 0 Å². The van der Waals surface area contributed by atoms with Crippen LogP contribution in [0.15, 0.2) is 18.2 Å². The lowest BCUT2D eigenvalue weighted by molar-refractivity contribution is -0.133. The molecule has 2 fully saturated rings. The van der Waals surface area contributed by atoms with Crippen molar-refractivity contribution >= 4 is 23.3 Å². The van der Waals surface area contributed by atoms with E-state index in [-0.39, 0.29) is 29.6 Å². The zero-order chi connectivity index (χ0) is 19.4. The molecule has 0 bridgehead atoms. The van der Waals surface area contributed by atoms with E-state index in [9.17, 15) is 18.8 Å². The summed E-state index contributed by atoms with van der Waals surface area (Å²) >= 11 is 0. The predicted octanol–water partition coefficient (Wildman–Crippen LogP) is 2.20. The number of Topliss-reactive ketones (excluding diaryl/α,β-unsaturated/α-hetero) is 1. The molecule has 3 rings (SSSR count). The van der Waals surface area contributed by atoms with Gasteiger partial charge in [-0.1, -0.05) is 6.07 Å². The van der Waals surface area contributed by atoms with Gasteiger partial charge in [-0.15, -0.1) is 0 Å². The Morgan fingerprint density at radius 1 is 1.26 bits per heavy atom. The second-order valence-corrected chi connectivity index (χ2v) is 7.46. The number of imide groups is 1.